The van der Waals surface area contributed by atoms with E-state index in [4.69, 9.17) is 5.26 Å². The van der Waals surface area contributed by atoms with Gasteiger partial charge in [0, 0.05) is 6.54 Å². The molecule has 1 aliphatic heterocycles. The number of anilines is 1. The lowest BCUT2D eigenvalue weighted by atomic mass is 9.69. The zero-order chi connectivity index (χ0) is 24.0. The Morgan fingerprint density at radius 3 is 2.30 bits per heavy atom. The van der Waals surface area contributed by atoms with Crippen LogP contribution in [0.3, 0.4) is 0 Å². The van der Waals surface area contributed by atoms with E-state index in [1.165, 1.54) is 29.2 Å². The highest BCUT2D eigenvalue weighted by molar-refractivity contribution is 6.09. The molecular formula is C24H21F4N3O2. The second kappa shape index (κ2) is 8.18. The van der Waals surface area contributed by atoms with Crippen LogP contribution in [0.5, 0.6) is 0 Å². The highest BCUT2D eigenvalue weighted by Gasteiger charge is 2.55. The molecule has 0 spiro atoms. The average Bonchev–Trinajstić information content (AvgIpc) is 2.72. The van der Waals surface area contributed by atoms with Gasteiger partial charge in [-0.3, -0.25) is 14.5 Å². The summed E-state index contributed by atoms with van der Waals surface area (Å²) in [6.45, 7) is 1.22. The first-order chi connectivity index (χ1) is 15.6. The number of rotatable bonds is 4. The molecule has 1 heterocycles. The van der Waals surface area contributed by atoms with Gasteiger partial charge in [0.25, 0.3) is 5.91 Å². The minimum absolute atomic E-state index is 0.0284. The maximum absolute atomic E-state index is 14.7. The molecule has 0 unspecified atom stereocenters. The number of halogens is 4. The number of piperazine rings is 1. The first-order valence-electron chi connectivity index (χ1n) is 10.5. The topological polar surface area (TPSA) is 64.4 Å². The van der Waals surface area contributed by atoms with E-state index in [-0.39, 0.29) is 23.7 Å². The van der Waals surface area contributed by atoms with Crippen LogP contribution in [0, 0.1) is 23.1 Å². The van der Waals surface area contributed by atoms with E-state index >= 15 is 0 Å². The second-order valence-corrected chi connectivity index (χ2v) is 8.62. The largest absolute Gasteiger partial charge is 0.416 e. The number of alkyl halides is 3. The summed E-state index contributed by atoms with van der Waals surface area (Å²) in [5, 5.41) is 8.97. The van der Waals surface area contributed by atoms with Gasteiger partial charge in [0.15, 0.2) is 0 Å². The molecule has 2 aromatic carbocycles. The molecule has 172 valence electrons. The first kappa shape index (κ1) is 22.8. The summed E-state index contributed by atoms with van der Waals surface area (Å²) >= 11 is 0. The van der Waals surface area contributed by atoms with Crippen molar-refractivity contribution in [3.8, 4) is 6.07 Å². The van der Waals surface area contributed by atoms with Crippen molar-refractivity contribution in [2.45, 2.75) is 44.4 Å². The van der Waals surface area contributed by atoms with Crippen LogP contribution in [-0.2, 0) is 22.3 Å². The Morgan fingerprint density at radius 2 is 1.79 bits per heavy atom. The monoisotopic (exact) mass is 459 g/mol. The zero-order valence-electron chi connectivity index (χ0n) is 17.8. The normalized spacial score (nSPS) is 21.7. The van der Waals surface area contributed by atoms with Gasteiger partial charge in [0.2, 0.25) is 5.91 Å². The van der Waals surface area contributed by atoms with Crippen molar-refractivity contribution < 1.29 is 27.2 Å². The number of carbonyl (C=O) groups excluding carboxylic acids is 2. The van der Waals surface area contributed by atoms with Gasteiger partial charge in [-0.25, -0.2) is 4.39 Å². The van der Waals surface area contributed by atoms with Crippen LogP contribution in [0.15, 0.2) is 42.5 Å². The van der Waals surface area contributed by atoms with Crippen molar-refractivity contribution in [2.75, 3.05) is 11.4 Å². The van der Waals surface area contributed by atoms with Gasteiger partial charge in [-0.15, -0.1) is 0 Å². The molecule has 1 aliphatic carbocycles. The van der Waals surface area contributed by atoms with Gasteiger partial charge < -0.3 is 4.90 Å². The Kier molecular flexibility index (Phi) is 5.64. The molecule has 2 aliphatic rings. The quantitative estimate of drug-likeness (QED) is 0.626. The van der Waals surface area contributed by atoms with Crippen molar-refractivity contribution >= 4 is 17.5 Å². The van der Waals surface area contributed by atoms with E-state index in [1.807, 2.05) is 6.07 Å². The smallest absolute Gasteiger partial charge is 0.322 e. The Hall–Kier alpha value is -3.41. The highest BCUT2D eigenvalue weighted by Crippen LogP contribution is 2.44. The Bertz CT molecular complexity index is 1140. The summed E-state index contributed by atoms with van der Waals surface area (Å²) < 4.78 is 53.4. The summed E-state index contributed by atoms with van der Waals surface area (Å²) in [5.74, 6) is -1.79. The van der Waals surface area contributed by atoms with Crippen molar-refractivity contribution in [3.05, 3.63) is 65.0 Å². The molecule has 1 saturated carbocycles. The average molecular weight is 459 g/mol. The van der Waals surface area contributed by atoms with Crippen molar-refractivity contribution in [1.82, 2.24) is 4.90 Å². The molecule has 2 fully saturated rings. The van der Waals surface area contributed by atoms with Crippen LogP contribution in [0.1, 0.15) is 42.9 Å². The van der Waals surface area contributed by atoms with Crippen LogP contribution in [0.2, 0.25) is 0 Å². The van der Waals surface area contributed by atoms with Gasteiger partial charge in [0.1, 0.15) is 17.9 Å². The molecule has 9 heteroatoms. The third-order valence-electron chi connectivity index (χ3n) is 6.72. The number of hydrogen-bond acceptors (Lipinski definition) is 3. The lowest BCUT2D eigenvalue weighted by molar-refractivity contribution is -0.157. The number of nitrogens with zero attached hydrogens (tertiary/aromatic N) is 3. The molecule has 0 bridgehead atoms. The lowest BCUT2D eigenvalue weighted by Crippen LogP contribution is -2.70. The Labute approximate surface area is 188 Å². The molecular weight excluding hydrogens is 438 g/mol. The SMILES string of the molecule is C[C@@]1(C2CCC2)C(=O)N(c2ccc(C#N)cc2F)CC(=O)N1Cc1ccc(C(F)(F)F)cc1. The lowest BCUT2D eigenvalue weighted by Gasteiger charge is -2.53. The predicted molar refractivity (Wildman–Crippen MR) is 111 cm³/mol. The number of hydrogen-bond donors (Lipinski definition) is 0. The zero-order valence-corrected chi connectivity index (χ0v) is 17.8. The van der Waals surface area contributed by atoms with Gasteiger partial charge >= 0.3 is 6.18 Å². The maximum atomic E-state index is 14.7. The fourth-order valence-electron chi connectivity index (χ4n) is 4.53. The molecule has 33 heavy (non-hydrogen) atoms. The van der Waals surface area contributed by atoms with Gasteiger partial charge in [0.05, 0.1) is 22.9 Å². The third-order valence-corrected chi connectivity index (χ3v) is 6.72. The highest BCUT2D eigenvalue weighted by atomic mass is 19.4. The molecule has 5 nitrogen and oxygen atoms in total. The van der Waals surface area contributed by atoms with Crippen LogP contribution < -0.4 is 4.90 Å². The number of benzene rings is 2. The standard InChI is InChI=1S/C24H21F4N3O2/c1-23(17-3-2-4-17)22(33)30(20-10-7-16(12-29)11-19(20)25)14-21(32)31(23)13-15-5-8-18(9-6-15)24(26,27)28/h5-11,17H,2-4,13-14H2,1H3/t23-/m1/s1. The minimum Gasteiger partial charge on any atom is -0.322 e. The van der Waals surface area contributed by atoms with Crippen LogP contribution >= 0.6 is 0 Å². The van der Waals surface area contributed by atoms with Crippen LogP contribution in [-0.4, -0.2) is 28.8 Å². The summed E-state index contributed by atoms with van der Waals surface area (Å²) in [4.78, 5) is 29.4. The molecule has 4 rings (SSSR count). The summed E-state index contributed by atoms with van der Waals surface area (Å²) in [6.07, 6.45) is -2.16. The molecule has 1 saturated heterocycles. The van der Waals surface area contributed by atoms with Crippen LogP contribution in [0.25, 0.3) is 0 Å². The molecule has 0 N–H and O–H groups in total. The van der Waals surface area contributed by atoms with Gasteiger partial charge in [-0.1, -0.05) is 18.6 Å². The Morgan fingerprint density at radius 1 is 1.12 bits per heavy atom. The van der Waals surface area contributed by atoms with E-state index < -0.39 is 41.5 Å². The molecule has 1 atom stereocenters. The van der Waals surface area contributed by atoms with Gasteiger partial charge in [-0.2, -0.15) is 18.4 Å². The van der Waals surface area contributed by atoms with Gasteiger partial charge in [-0.05, 0) is 61.6 Å². The molecule has 2 aromatic rings. The summed E-state index contributed by atoms with van der Waals surface area (Å²) in [5.41, 5.74) is -1.58. The van der Waals surface area contributed by atoms with Crippen molar-refractivity contribution in [3.63, 3.8) is 0 Å². The van der Waals surface area contributed by atoms with E-state index in [1.54, 1.807) is 6.92 Å². The fourth-order valence-corrected chi connectivity index (χ4v) is 4.53. The number of nitriles is 1. The number of carbonyl (C=O) groups is 2. The van der Waals surface area contributed by atoms with Crippen LogP contribution in [0.4, 0.5) is 23.2 Å². The number of amides is 2. The minimum atomic E-state index is -4.47. The van der Waals surface area contributed by atoms with Crippen molar-refractivity contribution in [2.24, 2.45) is 5.92 Å². The van der Waals surface area contributed by atoms with E-state index in [0.717, 1.165) is 29.5 Å². The molecule has 0 radical (unpaired) electrons. The predicted octanol–water partition coefficient (Wildman–Crippen LogP) is 4.65. The summed E-state index contributed by atoms with van der Waals surface area (Å²) in [6, 6.07) is 10.0. The second-order valence-electron chi connectivity index (χ2n) is 8.62. The summed E-state index contributed by atoms with van der Waals surface area (Å²) in [7, 11) is 0. The fraction of sp³-hybridized carbons (Fsp3) is 0.375. The molecule has 2 amide bonds. The third kappa shape index (κ3) is 3.94. The maximum Gasteiger partial charge on any atom is 0.416 e. The van der Waals surface area contributed by atoms with E-state index in [9.17, 15) is 27.2 Å². The molecule has 0 aromatic heterocycles. The Balaban J connectivity index is 1.67. The van der Waals surface area contributed by atoms with E-state index in [2.05, 4.69) is 0 Å². The van der Waals surface area contributed by atoms with E-state index in [0.29, 0.717) is 18.4 Å². The first-order valence-corrected chi connectivity index (χ1v) is 10.5. The van der Waals surface area contributed by atoms with Crippen molar-refractivity contribution in [1.29, 1.82) is 5.26 Å².